The van der Waals surface area contributed by atoms with Crippen LogP contribution in [0.25, 0.3) is 0 Å². The van der Waals surface area contributed by atoms with Crippen molar-refractivity contribution in [1.29, 1.82) is 0 Å². The molecule has 0 saturated heterocycles. The van der Waals surface area contributed by atoms with Gasteiger partial charge in [0.25, 0.3) is 0 Å². The van der Waals surface area contributed by atoms with Gasteiger partial charge in [-0.3, -0.25) is 4.79 Å². The van der Waals surface area contributed by atoms with Crippen LogP contribution in [0.2, 0.25) is 0 Å². The van der Waals surface area contributed by atoms with Crippen LogP contribution < -0.4 is 10.5 Å². The Bertz CT molecular complexity index is 388. The fourth-order valence-corrected chi connectivity index (χ4v) is 1.79. The number of carbonyl (C=O) groups excluding carboxylic acids is 1. The Balaban J connectivity index is 2.81. The first-order valence-electron chi connectivity index (χ1n) is 6.04. The van der Waals surface area contributed by atoms with E-state index in [9.17, 15) is 4.79 Å². The number of hydrogen-bond donors (Lipinski definition) is 1. The summed E-state index contributed by atoms with van der Waals surface area (Å²) in [5.41, 5.74) is 7.51. The van der Waals surface area contributed by atoms with Crippen molar-refractivity contribution in [2.45, 2.75) is 39.2 Å². The number of hydrogen-bond acceptors (Lipinski definition) is 3. The summed E-state index contributed by atoms with van der Waals surface area (Å²) in [5.74, 6) is 0.791. The molecule has 0 heterocycles. The number of unbranched alkanes of at least 4 members (excludes halogenated alkanes) is 1. The Labute approximate surface area is 103 Å². The third kappa shape index (κ3) is 3.56. The molecule has 3 heteroatoms. The fraction of sp³-hybridized carbons (Fsp3) is 0.500. The van der Waals surface area contributed by atoms with Gasteiger partial charge in [-0.25, -0.2) is 0 Å². The van der Waals surface area contributed by atoms with Crippen LogP contribution in [0.4, 0.5) is 0 Å². The standard InChI is InChI=1S/C14H21NO2/c1-4-5-6-13(15)14(16)12-8-7-11(17-3)9-10(12)2/h7-9,13H,4-6,15H2,1-3H3. The van der Waals surface area contributed by atoms with Crippen molar-refractivity contribution in [3.63, 3.8) is 0 Å². The van der Waals surface area contributed by atoms with Crippen molar-refractivity contribution in [2.24, 2.45) is 5.73 Å². The van der Waals surface area contributed by atoms with Crippen molar-refractivity contribution < 1.29 is 9.53 Å². The summed E-state index contributed by atoms with van der Waals surface area (Å²) in [6.07, 6.45) is 2.80. The zero-order valence-corrected chi connectivity index (χ0v) is 10.8. The first-order chi connectivity index (χ1) is 8.10. The van der Waals surface area contributed by atoms with Gasteiger partial charge in [-0.2, -0.15) is 0 Å². The Morgan fingerprint density at radius 2 is 2.18 bits per heavy atom. The van der Waals surface area contributed by atoms with Gasteiger partial charge in [0.15, 0.2) is 5.78 Å². The van der Waals surface area contributed by atoms with Gasteiger partial charge in [-0.15, -0.1) is 0 Å². The van der Waals surface area contributed by atoms with Gasteiger partial charge >= 0.3 is 0 Å². The number of aryl methyl sites for hydroxylation is 1. The number of methoxy groups -OCH3 is 1. The van der Waals surface area contributed by atoms with E-state index >= 15 is 0 Å². The number of carbonyl (C=O) groups is 1. The first-order valence-corrected chi connectivity index (χ1v) is 6.04. The van der Waals surface area contributed by atoms with Crippen LogP contribution in [0.15, 0.2) is 18.2 Å². The van der Waals surface area contributed by atoms with Crippen LogP contribution >= 0.6 is 0 Å². The summed E-state index contributed by atoms with van der Waals surface area (Å²) in [5, 5.41) is 0. The highest BCUT2D eigenvalue weighted by atomic mass is 16.5. The Morgan fingerprint density at radius 1 is 1.47 bits per heavy atom. The van der Waals surface area contributed by atoms with Crippen molar-refractivity contribution in [2.75, 3.05) is 7.11 Å². The van der Waals surface area contributed by atoms with E-state index in [0.717, 1.165) is 30.6 Å². The molecule has 3 nitrogen and oxygen atoms in total. The molecule has 0 radical (unpaired) electrons. The van der Waals surface area contributed by atoms with E-state index in [-0.39, 0.29) is 11.8 Å². The van der Waals surface area contributed by atoms with Gasteiger partial charge in [0.2, 0.25) is 0 Å². The number of Topliss-reactive ketones (excluding diaryl/α,β-unsaturated/α-hetero) is 1. The van der Waals surface area contributed by atoms with Crippen LogP contribution in [0.1, 0.15) is 42.1 Å². The smallest absolute Gasteiger partial charge is 0.179 e. The molecule has 0 amide bonds. The third-order valence-corrected chi connectivity index (χ3v) is 2.90. The van der Waals surface area contributed by atoms with Crippen molar-refractivity contribution in [3.05, 3.63) is 29.3 Å². The molecule has 1 unspecified atom stereocenters. The largest absolute Gasteiger partial charge is 0.497 e. The Hall–Kier alpha value is -1.35. The van der Waals surface area contributed by atoms with E-state index in [1.165, 1.54) is 0 Å². The topological polar surface area (TPSA) is 52.3 Å². The molecule has 1 aromatic rings. The third-order valence-electron chi connectivity index (χ3n) is 2.90. The highest BCUT2D eigenvalue weighted by Gasteiger charge is 2.17. The van der Waals surface area contributed by atoms with E-state index in [2.05, 4.69) is 6.92 Å². The van der Waals surface area contributed by atoms with Gasteiger partial charge in [0, 0.05) is 5.56 Å². The molecule has 0 spiro atoms. The maximum Gasteiger partial charge on any atom is 0.179 e. The Kier molecular flexibility index (Phi) is 5.16. The average molecular weight is 235 g/mol. The van der Waals surface area contributed by atoms with Crippen LogP contribution in [-0.4, -0.2) is 18.9 Å². The molecule has 0 aromatic heterocycles. The molecule has 1 aromatic carbocycles. The van der Waals surface area contributed by atoms with Crippen molar-refractivity contribution >= 4 is 5.78 Å². The molecular weight excluding hydrogens is 214 g/mol. The van der Waals surface area contributed by atoms with Gasteiger partial charge in [-0.05, 0) is 37.1 Å². The quantitative estimate of drug-likeness (QED) is 0.771. The lowest BCUT2D eigenvalue weighted by molar-refractivity contribution is 0.0955. The van der Waals surface area contributed by atoms with Crippen LogP contribution in [-0.2, 0) is 0 Å². The minimum absolute atomic E-state index is 0.0265. The van der Waals surface area contributed by atoms with Crippen molar-refractivity contribution in [1.82, 2.24) is 0 Å². The second-order valence-corrected chi connectivity index (χ2v) is 4.29. The van der Waals surface area contributed by atoms with E-state index < -0.39 is 0 Å². The van der Waals surface area contributed by atoms with E-state index in [0.29, 0.717) is 5.56 Å². The minimum Gasteiger partial charge on any atom is -0.497 e. The number of ketones is 1. The molecule has 0 aliphatic rings. The summed E-state index contributed by atoms with van der Waals surface area (Å²) < 4.78 is 5.11. The summed E-state index contributed by atoms with van der Waals surface area (Å²) in [7, 11) is 1.61. The van der Waals surface area contributed by atoms with Crippen LogP contribution in [0.3, 0.4) is 0 Å². The second kappa shape index (κ2) is 6.40. The lowest BCUT2D eigenvalue weighted by atomic mass is 9.97. The number of benzene rings is 1. The molecule has 2 N–H and O–H groups in total. The zero-order valence-electron chi connectivity index (χ0n) is 10.8. The molecule has 1 atom stereocenters. The predicted molar refractivity (Wildman–Crippen MR) is 69.6 cm³/mol. The van der Waals surface area contributed by atoms with Crippen LogP contribution in [0, 0.1) is 6.92 Å². The normalized spacial score (nSPS) is 12.2. The molecule has 0 aliphatic heterocycles. The molecule has 0 bridgehead atoms. The number of ether oxygens (including phenoxy) is 1. The lowest BCUT2D eigenvalue weighted by Crippen LogP contribution is -2.30. The highest BCUT2D eigenvalue weighted by molar-refractivity contribution is 6.01. The highest BCUT2D eigenvalue weighted by Crippen LogP contribution is 2.18. The first kappa shape index (κ1) is 13.7. The number of nitrogens with two attached hydrogens (primary N) is 1. The summed E-state index contributed by atoms with van der Waals surface area (Å²) in [6, 6.07) is 5.07. The lowest BCUT2D eigenvalue weighted by Gasteiger charge is -2.12. The number of rotatable bonds is 6. The van der Waals surface area contributed by atoms with Gasteiger partial charge in [-0.1, -0.05) is 19.8 Å². The molecule has 0 saturated carbocycles. The predicted octanol–water partition coefficient (Wildman–Crippen LogP) is 2.70. The van der Waals surface area contributed by atoms with Gasteiger partial charge in [0.05, 0.1) is 13.2 Å². The van der Waals surface area contributed by atoms with E-state index in [1.807, 2.05) is 13.0 Å². The SMILES string of the molecule is CCCCC(N)C(=O)c1ccc(OC)cc1C. The van der Waals surface area contributed by atoms with E-state index in [1.54, 1.807) is 19.2 Å². The molecule has 17 heavy (non-hydrogen) atoms. The minimum atomic E-state index is -0.387. The van der Waals surface area contributed by atoms with E-state index in [4.69, 9.17) is 10.5 Å². The van der Waals surface area contributed by atoms with Gasteiger partial charge < -0.3 is 10.5 Å². The summed E-state index contributed by atoms with van der Waals surface area (Å²) in [6.45, 7) is 4.00. The molecule has 0 fully saturated rings. The summed E-state index contributed by atoms with van der Waals surface area (Å²) >= 11 is 0. The van der Waals surface area contributed by atoms with Gasteiger partial charge in [0.1, 0.15) is 5.75 Å². The second-order valence-electron chi connectivity index (χ2n) is 4.29. The monoisotopic (exact) mass is 235 g/mol. The fourth-order valence-electron chi connectivity index (χ4n) is 1.79. The molecule has 0 aliphatic carbocycles. The average Bonchev–Trinajstić information content (AvgIpc) is 2.34. The Morgan fingerprint density at radius 3 is 2.71 bits per heavy atom. The summed E-state index contributed by atoms with van der Waals surface area (Å²) in [4.78, 5) is 12.1. The van der Waals surface area contributed by atoms with Crippen LogP contribution in [0.5, 0.6) is 5.75 Å². The molecule has 94 valence electrons. The zero-order chi connectivity index (χ0) is 12.8. The van der Waals surface area contributed by atoms with Crippen molar-refractivity contribution in [3.8, 4) is 5.75 Å². The maximum absolute atomic E-state index is 12.1. The maximum atomic E-state index is 12.1. The molecular formula is C14H21NO2. The molecule has 1 rings (SSSR count).